The standard InChI is InChI=1S/C11H11ClO/c1-7-2-5-9(12)6-10(7)11(13)8-3-4-8/h2,5-6,8H,3-4H2,1H3. The summed E-state index contributed by atoms with van der Waals surface area (Å²) in [6, 6.07) is 5.50. The first-order valence-corrected chi connectivity index (χ1v) is 4.86. The van der Waals surface area contributed by atoms with Crippen molar-refractivity contribution in [3.05, 3.63) is 34.3 Å². The monoisotopic (exact) mass is 194 g/mol. The minimum absolute atomic E-state index is 0.264. The molecule has 1 fully saturated rings. The van der Waals surface area contributed by atoms with Crippen LogP contribution < -0.4 is 0 Å². The van der Waals surface area contributed by atoms with Crippen LogP contribution in [-0.2, 0) is 0 Å². The van der Waals surface area contributed by atoms with Crippen LogP contribution in [0.25, 0.3) is 0 Å². The van der Waals surface area contributed by atoms with Gasteiger partial charge in [-0.2, -0.15) is 0 Å². The molecule has 0 unspecified atom stereocenters. The highest BCUT2D eigenvalue weighted by Gasteiger charge is 2.31. The third-order valence-electron chi connectivity index (χ3n) is 2.41. The average Bonchev–Trinajstić information content (AvgIpc) is 2.91. The first-order chi connectivity index (χ1) is 6.18. The molecule has 0 aliphatic heterocycles. The summed E-state index contributed by atoms with van der Waals surface area (Å²) in [5, 5.41) is 0.648. The summed E-state index contributed by atoms with van der Waals surface area (Å²) in [5.74, 6) is 0.539. The van der Waals surface area contributed by atoms with Crippen LogP contribution in [0.4, 0.5) is 0 Å². The molecule has 68 valence electrons. The van der Waals surface area contributed by atoms with Gasteiger partial charge in [-0.25, -0.2) is 0 Å². The quantitative estimate of drug-likeness (QED) is 0.661. The zero-order valence-electron chi connectivity index (χ0n) is 7.51. The molecule has 1 aromatic carbocycles. The molecule has 0 bridgehead atoms. The Morgan fingerprint density at radius 2 is 2.15 bits per heavy atom. The van der Waals surface area contributed by atoms with Crippen molar-refractivity contribution in [3.8, 4) is 0 Å². The highest BCUT2D eigenvalue weighted by Crippen LogP contribution is 2.33. The van der Waals surface area contributed by atoms with Crippen molar-refractivity contribution in [2.45, 2.75) is 19.8 Å². The fourth-order valence-electron chi connectivity index (χ4n) is 1.43. The van der Waals surface area contributed by atoms with E-state index in [1.165, 1.54) is 0 Å². The Bertz CT molecular complexity index is 353. The third-order valence-corrected chi connectivity index (χ3v) is 2.65. The molecule has 0 saturated heterocycles. The van der Waals surface area contributed by atoms with Gasteiger partial charge in [0.1, 0.15) is 0 Å². The molecule has 2 rings (SSSR count). The molecule has 0 spiro atoms. The van der Waals surface area contributed by atoms with E-state index in [9.17, 15) is 4.79 Å². The van der Waals surface area contributed by atoms with Gasteiger partial charge in [0.25, 0.3) is 0 Å². The van der Waals surface area contributed by atoms with Crippen LogP contribution in [0.5, 0.6) is 0 Å². The SMILES string of the molecule is Cc1ccc(Cl)cc1C(=O)C1CC1. The molecule has 0 radical (unpaired) electrons. The van der Waals surface area contributed by atoms with Gasteiger partial charge >= 0.3 is 0 Å². The number of halogens is 1. The number of Topliss-reactive ketones (excluding diaryl/α,β-unsaturated/α-hetero) is 1. The molecule has 0 N–H and O–H groups in total. The van der Waals surface area contributed by atoms with Crippen LogP contribution in [0.2, 0.25) is 5.02 Å². The zero-order chi connectivity index (χ0) is 9.42. The summed E-state index contributed by atoms with van der Waals surface area (Å²) in [6.07, 6.45) is 2.09. The van der Waals surface area contributed by atoms with Crippen molar-refractivity contribution < 1.29 is 4.79 Å². The Kier molecular flexibility index (Phi) is 2.12. The summed E-state index contributed by atoms with van der Waals surface area (Å²) in [6.45, 7) is 1.95. The number of ketones is 1. The average molecular weight is 195 g/mol. The summed E-state index contributed by atoms with van der Waals surface area (Å²) in [5.41, 5.74) is 1.83. The molecular weight excluding hydrogens is 184 g/mol. The summed E-state index contributed by atoms with van der Waals surface area (Å²) >= 11 is 5.83. The van der Waals surface area contributed by atoms with Gasteiger partial charge in [0.15, 0.2) is 5.78 Å². The van der Waals surface area contributed by atoms with Gasteiger partial charge in [-0.1, -0.05) is 17.7 Å². The molecule has 13 heavy (non-hydrogen) atoms. The summed E-state index contributed by atoms with van der Waals surface area (Å²) < 4.78 is 0. The van der Waals surface area contributed by atoms with Gasteiger partial charge in [0.05, 0.1) is 0 Å². The number of benzene rings is 1. The van der Waals surface area contributed by atoms with Crippen molar-refractivity contribution in [3.63, 3.8) is 0 Å². The minimum Gasteiger partial charge on any atom is -0.294 e. The van der Waals surface area contributed by atoms with Gasteiger partial charge < -0.3 is 0 Å². The molecule has 1 aromatic rings. The summed E-state index contributed by atoms with van der Waals surface area (Å²) in [7, 11) is 0. The van der Waals surface area contributed by atoms with E-state index in [0.29, 0.717) is 5.02 Å². The second kappa shape index (κ2) is 3.15. The fraction of sp³-hybridized carbons (Fsp3) is 0.364. The van der Waals surface area contributed by atoms with Crippen molar-refractivity contribution in [1.82, 2.24) is 0 Å². The van der Waals surface area contributed by atoms with E-state index >= 15 is 0 Å². The van der Waals surface area contributed by atoms with E-state index in [0.717, 1.165) is 24.0 Å². The highest BCUT2D eigenvalue weighted by molar-refractivity contribution is 6.31. The lowest BCUT2D eigenvalue weighted by Crippen LogP contribution is -2.03. The molecule has 1 saturated carbocycles. The second-order valence-corrected chi connectivity index (χ2v) is 4.03. The van der Waals surface area contributed by atoms with Crippen LogP contribution in [0.3, 0.4) is 0 Å². The fourth-order valence-corrected chi connectivity index (χ4v) is 1.60. The van der Waals surface area contributed by atoms with Crippen LogP contribution in [-0.4, -0.2) is 5.78 Å². The first kappa shape index (κ1) is 8.76. The van der Waals surface area contributed by atoms with Gasteiger partial charge in [0, 0.05) is 16.5 Å². The van der Waals surface area contributed by atoms with Gasteiger partial charge in [0.2, 0.25) is 0 Å². The minimum atomic E-state index is 0.264. The van der Waals surface area contributed by atoms with E-state index < -0.39 is 0 Å². The lowest BCUT2D eigenvalue weighted by Gasteiger charge is -2.03. The maximum atomic E-state index is 11.7. The van der Waals surface area contributed by atoms with E-state index in [1.807, 2.05) is 19.1 Å². The zero-order valence-corrected chi connectivity index (χ0v) is 8.27. The van der Waals surface area contributed by atoms with Crippen LogP contribution in [0.1, 0.15) is 28.8 Å². The number of carbonyl (C=O) groups is 1. The van der Waals surface area contributed by atoms with Crippen molar-refractivity contribution in [1.29, 1.82) is 0 Å². The van der Waals surface area contributed by atoms with Crippen LogP contribution in [0.15, 0.2) is 18.2 Å². The first-order valence-electron chi connectivity index (χ1n) is 4.49. The molecule has 0 aromatic heterocycles. The Labute approximate surface area is 82.7 Å². The Balaban J connectivity index is 2.37. The van der Waals surface area contributed by atoms with Crippen molar-refractivity contribution in [2.75, 3.05) is 0 Å². The number of rotatable bonds is 2. The van der Waals surface area contributed by atoms with E-state index in [-0.39, 0.29) is 11.7 Å². The number of carbonyl (C=O) groups excluding carboxylic acids is 1. The van der Waals surface area contributed by atoms with Crippen LogP contribution >= 0.6 is 11.6 Å². The number of hydrogen-bond acceptors (Lipinski definition) is 1. The van der Waals surface area contributed by atoms with Crippen molar-refractivity contribution in [2.24, 2.45) is 5.92 Å². The van der Waals surface area contributed by atoms with E-state index in [2.05, 4.69) is 0 Å². The maximum Gasteiger partial charge on any atom is 0.166 e. The molecule has 2 heteroatoms. The number of aryl methyl sites for hydroxylation is 1. The Morgan fingerprint density at radius 1 is 1.46 bits per heavy atom. The molecule has 1 nitrogen and oxygen atoms in total. The molecule has 0 amide bonds. The largest absolute Gasteiger partial charge is 0.294 e. The van der Waals surface area contributed by atoms with Gasteiger partial charge in [-0.15, -0.1) is 0 Å². The Morgan fingerprint density at radius 3 is 2.77 bits per heavy atom. The molecular formula is C11H11ClO. The normalized spacial score (nSPS) is 15.8. The maximum absolute atomic E-state index is 11.7. The van der Waals surface area contributed by atoms with E-state index in [1.54, 1.807) is 6.07 Å². The predicted molar refractivity (Wildman–Crippen MR) is 53.2 cm³/mol. The smallest absolute Gasteiger partial charge is 0.166 e. The Hall–Kier alpha value is -0.820. The van der Waals surface area contributed by atoms with Crippen LogP contribution in [0, 0.1) is 12.8 Å². The van der Waals surface area contributed by atoms with Gasteiger partial charge in [-0.05, 0) is 37.5 Å². The highest BCUT2D eigenvalue weighted by atomic mass is 35.5. The third kappa shape index (κ3) is 1.75. The summed E-state index contributed by atoms with van der Waals surface area (Å²) in [4.78, 5) is 11.7. The lowest BCUT2D eigenvalue weighted by atomic mass is 10.0. The molecule has 0 heterocycles. The number of hydrogen-bond donors (Lipinski definition) is 0. The lowest BCUT2D eigenvalue weighted by molar-refractivity contribution is 0.0967. The van der Waals surface area contributed by atoms with E-state index in [4.69, 9.17) is 11.6 Å². The second-order valence-electron chi connectivity index (χ2n) is 3.60. The predicted octanol–water partition coefficient (Wildman–Crippen LogP) is 3.24. The molecule has 1 aliphatic rings. The topological polar surface area (TPSA) is 17.1 Å². The molecule has 1 aliphatic carbocycles. The molecule has 0 atom stereocenters. The van der Waals surface area contributed by atoms with Gasteiger partial charge in [-0.3, -0.25) is 4.79 Å². The van der Waals surface area contributed by atoms with Crippen molar-refractivity contribution >= 4 is 17.4 Å².